The summed E-state index contributed by atoms with van der Waals surface area (Å²) < 4.78 is 0. The molecule has 4 rings (SSSR count). The lowest BCUT2D eigenvalue weighted by molar-refractivity contribution is 0.201. The molecule has 6 heteroatoms. The number of likely N-dealkylation sites (tertiary alicyclic amines) is 1. The first-order valence-corrected chi connectivity index (χ1v) is 9.70. The quantitative estimate of drug-likeness (QED) is 0.924. The lowest BCUT2D eigenvalue weighted by atomic mass is 9.89. The Hall–Kier alpha value is -1.82. The Kier molecular flexibility index (Phi) is 5.06. The number of aromatic amines is 1. The van der Waals surface area contributed by atoms with Crippen molar-refractivity contribution in [3.8, 4) is 0 Å². The minimum atomic E-state index is 0.492. The van der Waals surface area contributed by atoms with Crippen molar-refractivity contribution in [2.75, 3.05) is 13.1 Å². The van der Waals surface area contributed by atoms with Crippen molar-refractivity contribution in [2.45, 2.75) is 70.3 Å². The fraction of sp³-hybridized carbons (Fsp3) is 0.684. The highest BCUT2D eigenvalue weighted by atomic mass is 15.2. The maximum Gasteiger partial charge on any atom is 0.153 e. The van der Waals surface area contributed by atoms with E-state index in [4.69, 9.17) is 0 Å². The molecule has 0 spiro atoms. The van der Waals surface area contributed by atoms with Gasteiger partial charge in [-0.2, -0.15) is 5.10 Å². The van der Waals surface area contributed by atoms with E-state index < -0.39 is 0 Å². The number of nitrogens with one attached hydrogen (secondary N) is 1. The first-order valence-electron chi connectivity index (χ1n) is 9.70. The molecule has 1 aliphatic heterocycles. The topological polar surface area (TPSA) is 70.6 Å². The van der Waals surface area contributed by atoms with Gasteiger partial charge in [-0.3, -0.25) is 10.00 Å². The highest BCUT2D eigenvalue weighted by molar-refractivity contribution is 5.08. The van der Waals surface area contributed by atoms with Gasteiger partial charge in [0.05, 0.1) is 0 Å². The lowest BCUT2D eigenvalue weighted by Gasteiger charge is -2.30. The van der Waals surface area contributed by atoms with Crippen molar-refractivity contribution in [3.05, 3.63) is 35.4 Å². The number of hydrogen-bond acceptors (Lipinski definition) is 5. The molecule has 3 heterocycles. The molecule has 2 aliphatic rings. The number of aromatic nitrogens is 5. The minimum Gasteiger partial charge on any atom is -0.299 e. The third-order valence-corrected chi connectivity index (χ3v) is 5.67. The van der Waals surface area contributed by atoms with Crippen molar-refractivity contribution in [1.29, 1.82) is 0 Å². The zero-order valence-electron chi connectivity index (χ0n) is 15.1. The van der Waals surface area contributed by atoms with Gasteiger partial charge in [-0.25, -0.2) is 15.0 Å². The molecule has 2 fully saturated rings. The summed E-state index contributed by atoms with van der Waals surface area (Å²) in [5.74, 6) is 4.03. The van der Waals surface area contributed by atoms with Crippen LogP contribution in [-0.2, 0) is 6.54 Å². The van der Waals surface area contributed by atoms with Gasteiger partial charge in [0.15, 0.2) is 5.82 Å². The van der Waals surface area contributed by atoms with E-state index in [1.54, 1.807) is 0 Å². The van der Waals surface area contributed by atoms with Crippen LogP contribution in [0.4, 0.5) is 0 Å². The summed E-state index contributed by atoms with van der Waals surface area (Å²) in [4.78, 5) is 16.3. The Labute approximate surface area is 149 Å². The van der Waals surface area contributed by atoms with Gasteiger partial charge >= 0.3 is 0 Å². The minimum absolute atomic E-state index is 0.492. The number of rotatable bonds is 4. The van der Waals surface area contributed by atoms with Crippen LogP contribution in [0, 0.1) is 6.92 Å². The van der Waals surface area contributed by atoms with Crippen LogP contribution in [-0.4, -0.2) is 43.1 Å². The maximum atomic E-state index is 4.67. The summed E-state index contributed by atoms with van der Waals surface area (Å²) in [5.41, 5.74) is 1.23. The molecule has 1 saturated carbocycles. The zero-order chi connectivity index (χ0) is 17.1. The molecule has 1 N–H and O–H groups in total. The first-order chi connectivity index (χ1) is 12.3. The van der Waals surface area contributed by atoms with Gasteiger partial charge in [0.1, 0.15) is 11.6 Å². The molecule has 25 heavy (non-hydrogen) atoms. The first kappa shape index (κ1) is 16.6. The van der Waals surface area contributed by atoms with Crippen LogP contribution in [0.5, 0.6) is 0 Å². The van der Waals surface area contributed by atoms with Gasteiger partial charge in [-0.15, -0.1) is 0 Å². The van der Waals surface area contributed by atoms with Gasteiger partial charge in [0.25, 0.3) is 0 Å². The average Bonchev–Trinajstić information content (AvgIpc) is 3.10. The third kappa shape index (κ3) is 4.06. The van der Waals surface area contributed by atoms with E-state index in [1.165, 1.54) is 37.7 Å². The normalized spacial score (nSPS) is 20.8. The Balaban J connectivity index is 1.29. The van der Waals surface area contributed by atoms with Crippen molar-refractivity contribution in [3.63, 3.8) is 0 Å². The molecule has 0 atom stereocenters. The fourth-order valence-corrected chi connectivity index (χ4v) is 4.17. The Morgan fingerprint density at radius 3 is 2.28 bits per heavy atom. The van der Waals surface area contributed by atoms with Crippen LogP contribution in [0.15, 0.2) is 12.4 Å². The predicted octanol–water partition coefficient (Wildman–Crippen LogP) is 3.33. The summed E-state index contributed by atoms with van der Waals surface area (Å²) in [6, 6.07) is 0. The van der Waals surface area contributed by atoms with E-state index in [0.717, 1.165) is 49.9 Å². The van der Waals surface area contributed by atoms with Crippen molar-refractivity contribution in [2.24, 2.45) is 0 Å². The molecule has 1 saturated heterocycles. The van der Waals surface area contributed by atoms with Gasteiger partial charge in [-0.1, -0.05) is 19.3 Å². The average molecular weight is 340 g/mol. The maximum absolute atomic E-state index is 4.67. The molecule has 2 aromatic heterocycles. The highest BCUT2D eigenvalue weighted by Gasteiger charge is 2.24. The van der Waals surface area contributed by atoms with Crippen molar-refractivity contribution < 1.29 is 0 Å². The Morgan fingerprint density at radius 2 is 1.64 bits per heavy atom. The molecule has 0 bridgehead atoms. The van der Waals surface area contributed by atoms with Gasteiger partial charge in [-0.05, 0) is 45.7 Å². The molecule has 0 amide bonds. The van der Waals surface area contributed by atoms with Crippen LogP contribution in [0.1, 0.15) is 79.8 Å². The molecule has 0 aromatic carbocycles. The molecular weight excluding hydrogens is 312 g/mol. The Bertz CT molecular complexity index is 665. The van der Waals surface area contributed by atoms with E-state index in [9.17, 15) is 0 Å². The molecule has 2 aromatic rings. The summed E-state index contributed by atoms with van der Waals surface area (Å²) >= 11 is 0. The van der Waals surface area contributed by atoms with Gasteiger partial charge in [0.2, 0.25) is 0 Å². The largest absolute Gasteiger partial charge is 0.299 e. The van der Waals surface area contributed by atoms with Crippen molar-refractivity contribution >= 4 is 0 Å². The SMILES string of the molecule is Cc1nc(C2CCN(Cc3cnc(C4CCCCC4)nc3)CC2)n[nH]1. The van der Waals surface area contributed by atoms with Gasteiger partial charge in [0, 0.05) is 36.3 Å². The zero-order valence-corrected chi connectivity index (χ0v) is 15.1. The second-order valence-corrected chi connectivity index (χ2v) is 7.61. The van der Waals surface area contributed by atoms with E-state index in [0.29, 0.717) is 11.8 Å². The van der Waals surface area contributed by atoms with E-state index in [2.05, 4.69) is 30.0 Å². The second-order valence-electron chi connectivity index (χ2n) is 7.61. The number of hydrogen-bond donors (Lipinski definition) is 1. The predicted molar refractivity (Wildman–Crippen MR) is 96.2 cm³/mol. The smallest absolute Gasteiger partial charge is 0.153 e. The standard InChI is InChI=1S/C19H28N6/c1-14-22-19(24-23-14)17-7-9-25(10-8-17)13-15-11-20-18(21-12-15)16-5-3-2-4-6-16/h11-12,16-17H,2-10,13H2,1H3,(H,22,23,24). The molecule has 0 radical (unpaired) electrons. The molecule has 0 unspecified atom stereocenters. The van der Waals surface area contributed by atoms with Crippen LogP contribution in [0.25, 0.3) is 0 Å². The van der Waals surface area contributed by atoms with Gasteiger partial charge < -0.3 is 0 Å². The van der Waals surface area contributed by atoms with E-state index >= 15 is 0 Å². The lowest BCUT2D eigenvalue weighted by Crippen LogP contribution is -2.32. The van der Waals surface area contributed by atoms with Crippen molar-refractivity contribution in [1.82, 2.24) is 30.0 Å². The van der Waals surface area contributed by atoms with Crippen LogP contribution >= 0.6 is 0 Å². The molecule has 6 nitrogen and oxygen atoms in total. The summed E-state index contributed by atoms with van der Waals surface area (Å²) in [5, 5.41) is 7.29. The second kappa shape index (κ2) is 7.60. The summed E-state index contributed by atoms with van der Waals surface area (Å²) in [7, 11) is 0. The fourth-order valence-electron chi connectivity index (χ4n) is 4.17. The van der Waals surface area contributed by atoms with E-state index in [1.807, 2.05) is 19.3 Å². The van der Waals surface area contributed by atoms with Crippen LogP contribution in [0.2, 0.25) is 0 Å². The molecular formula is C19H28N6. The number of H-pyrrole nitrogens is 1. The summed E-state index contributed by atoms with van der Waals surface area (Å²) in [6.07, 6.45) is 12.9. The number of aryl methyl sites for hydroxylation is 1. The highest BCUT2D eigenvalue weighted by Crippen LogP contribution is 2.30. The van der Waals surface area contributed by atoms with Crippen LogP contribution < -0.4 is 0 Å². The monoisotopic (exact) mass is 340 g/mol. The Morgan fingerprint density at radius 1 is 0.960 bits per heavy atom. The number of nitrogens with zero attached hydrogens (tertiary/aromatic N) is 5. The third-order valence-electron chi connectivity index (χ3n) is 5.67. The molecule has 1 aliphatic carbocycles. The molecule has 134 valence electrons. The number of piperidine rings is 1. The van der Waals surface area contributed by atoms with E-state index in [-0.39, 0.29) is 0 Å². The van der Waals surface area contributed by atoms with Crippen LogP contribution in [0.3, 0.4) is 0 Å². The summed E-state index contributed by atoms with van der Waals surface area (Å²) in [6.45, 7) is 5.08.